The van der Waals surface area contributed by atoms with Crippen molar-refractivity contribution in [2.75, 3.05) is 13.0 Å². The molecule has 0 saturated carbocycles. The predicted molar refractivity (Wildman–Crippen MR) is 104 cm³/mol. The van der Waals surface area contributed by atoms with Crippen LogP contribution in [-0.2, 0) is 0 Å². The van der Waals surface area contributed by atoms with Crippen molar-refractivity contribution in [2.45, 2.75) is 6.92 Å². The van der Waals surface area contributed by atoms with Crippen LogP contribution in [0.1, 0.15) is 11.4 Å². The highest BCUT2D eigenvalue weighted by Gasteiger charge is 2.11. The van der Waals surface area contributed by atoms with Crippen molar-refractivity contribution < 1.29 is 9.47 Å². The van der Waals surface area contributed by atoms with Crippen LogP contribution >= 0.6 is 11.8 Å². The van der Waals surface area contributed by atoms with Crippen molar-refractivity contribution >= 4 is 29.8 Å². The molecule has 2 heterocycles. The normalized spacial score (nSPS) is 11.5. The van der Waals surface area contributed by atoms with Gasteiger partial charge in [-0.1, -0.05) is 17.8 Å². The fraction of sp³-hybridized carbons (Fsp3) is 0.158. The van der Waals surface area contributed by atoms with Gasteiger partial charge in [0.05, 0.1) is 24.2 Å². The topological polar surface area (TPSA) is 48.1 Å². The van der Waals surface area contributed by atoms with Crippen molar-refractivity contribution in [3.05, 3.63) is 65.5 Å². The summed E-state index contributed by atoms with van der Waals surface area (Å²) in [5.41, 5.74) is 3.53. The Hall–Kier alpha value is -2.73. The van der Waals surface area contributed by atoms with Crippen molar-refractivity contribution in [3.63, 3.8) is 0 Å². The van der Waals surface area contributed by atoms with E-state index >= 15 is 0 Å². The number of hydrogen-bond donors (Lipinski definition) is 0. The Morgan fingerprint density at radius 3 is 2.72 bits per heavy atom. The highest BCUT2D eigenvalue weighted by molar-refractivity contribution is 8.02. The number of methoxy groups -OCH3 is 1. The second-order valence-corrected chi connectivity index (χ2v) is 6.04. The summed E-state index contributed by atoms with van der Waals surface area (Å²) in [7, 11) is 1.64. The van der Waals surface area contributed by atoms with E-state index in [9.17, 15) is 0 Å². The number of thioether (sulfide) groups is 1. The SMILES string of the molecule is C=N/C(=C\SCOc1ccc(OC)cc1)c1c(C)nc2ccccn12. The van der Waals surface area contributed by atoms with E-state index < -0.39 is 0 Å². The van der Waals surface area contributed by atoms with Crippen LogP contribution in [0.2, 0.25) is 0 Å². The fourth-order valence-corrected chi connectivity index (χ4v) is 3.09. The first kappa shape index (κ1) is 17.1. The van der Waals surface area contributed by atoms with E-state index in [-0.39, 0.29) is 0 Å². The van der Waals surface area contributed by atoms with E-state index in [0.717, 1.165) is 34.2 Å². The predicted octanol–water partition coefficient (Wildman–Crippen LogP) is 4.42. The number of imidazole rings is 1. The lowest BCUT2D eigenvalue weighted by molar-refractivity contribution is 0.389. The molecule has 0 amide bonds. The third-order valence-corrected chi connectivity index (χ3v) is 4.31. The lowest BCUT2D eigenvalue weighted by Crippen LogP contribution is -1.94. The Labute approximate surface area is 151 Å². The number of rotatable bonds is 7. The van der Waals surface area contributed by atoms with Gasteiger partial charge in [-0.2, -0.15) is 0 Å². The monoisotopic (exact) mass is 353 g/mol. The van der Waals surface area contributed by atoms with Crippen molar-refractivity contribution in [1.29, 1.82) is 0 Å². The molecule has 0 fully saturated rings. The number of fused-ring (bicyclic) bond motifs is 1. The van der Waals surface area contributed by atoms with Crippen molar-refractivity contribution in [1.82, 2.24) is 9.38 Å². The van der Waals surface area contributed by atoms with Gasteiger partial charge in [-0.3, -0.25) is 9.39 Å². The van der Waals surface area contributed by atoms with E-state index in [0.29, 0.717) is 5.94 Å². The molecule has 0 aliphatic heterocycles. The fourth-order valence-electron chi connectivity index (χ4n) is 2.48. The number of nitrogens with zero attached hydrogens (tertiary/aromatic N) is 3. The first-order valence-corrected chi connectivity index (χ1v) is 8.77. The summed E-state index contributed by atoms with van der Waals surface area (Å²) in [6.07, 6.45) is 1.97. The standard InChI is InChI=1S/C19H19N3O2S/c1-14-19(22-11-5-4-6-18(22)21-14)17(20-2)12-25-13-24-16-9-7-15(23-3)8-10-16/h4-12H,2,13H2,1,3H3/b17-12-. The van der Waals surface area contributed by atoms with Crippen LogP contribution in [0, 0.1) is 6.92 Å². The van der Waals surface area contributed by atoms with Crippen LogP contribution < -0.4 is 9.47 Å². The smallest absolute Gasteiger partial charge is 0.138 e. The largest absolute Gasteiger partial charge is 0.497 e. The minimum atomic E-state index is 0.473. The Bertz CT molecular complexity index is 901. The van der Waals surface area contributed by atoms with E-state index in [1.807, 2.05) is 65.4 Å². The average molecular weight is 353 g/mol. The van der Waals surface area contributed by atoms with Crippen molar-refractivity contribution in [3.8, 4) is 11.5 Å². The first-order chi connectivity index (χ1) is 12.2. The maximum atomic E-state index is 5.71. The van der Waals surface area contributed by atoms with E-state index in [4.69, 9.17) is 9.47 Å². The molecule has 6 heteroatoms. The number of pyridine rings is 1. The Morgan fingerprint density at radius 2 is 2.00 bits per heavy atom. The zero-order valence-electron chi connectivity index (χ0n) is 14.2. The van der Waals surface area contributed by atoms with Crippen LogP contribution in [0.25, 0.3) is 11.3 Å². The molecule has 0 radical (unpaired) electrons. The molecule has 2 aromatic heterocycles. The molecule has 0 bridgehead atoms. The number of ether oxygens (including phenoxy) is 2. The molecule has 0 N–H and O–H groups in total. The maximum Gasteiger partial charge on any atom is 0.138 e. The molecule has 3 rings (SSSR count). The third kappa shape index (κ3) is 3.85. The van der Waals surface area contributed by atoms with Crippen LogP contribution in [0.5, 0.6) is 11.5 Å². The van der Waals surface area contributed by atoms with Crippen molar-refractivity contribution in [2.24, 2.45) is 4.99 Å². The molecule has 0 aliphatic carbocycles. The van der Waals surface area contributed by atoms with Gasteiger partial charge in [0.1, 0.15) is 23.1 Å². The highest BCUT2D eigenvalue weighted by atomic mass is 32.2. The highest BCUT2D eigenvalue weighted by Crippen LogP contribution is 2.25. The number of benzene rings is 1. The quantitative estimate of drug-likeness (QED) is 0.358. The van der Waals surface area contributed by atoms with Gasteiger partial charge >= 0.3 is 0 Å². The second-order valence-electron chi connectivity index (χ2n) is 5.24. The third-order valence-electron chi connectivity index (χ3n) is 3.67. The lowest BCUT2D eigenvalue weighted by Gasteiger charge is -2.06. The molecule has 1 aromatic carbocycles. The molecule has 0 atom stereocenters. The van der Waals surface area contributed by atoms with E-state index in [2.05, 4.69) is 16.7 Å². The van der Waals surface area contributed by atoms with Gasteiger partial charge < -0.3 is 9.47 Å². The summed E-state index contributed by atoms with van der Waals surface area (Å²) in [5.74, 6) is 2.07. The molecule has 0 spiro atoms. The molecule has 5 nitrogen and oxygen atoms in total. The number of aliphatic imine (C=N–C) groups is 1. The Kier molecular flexibility index (Phi) is 5.40. The molecular formula is C19H19N3O2S. The van der Waals surface area contributed by atoms with Gasteiger partial charge in [0, 0.05) is 11.6 Å². The Morgan fingerprint density at radius 1 is 1.24 bits per heavy atom. The molecule has 128 valence electrons. The summed E-state index contributed by atoms with van der Waals surface area (Å²) in [4.78, 5) is 8.72. The van der Waals surface area contributed by atoms with Gasteiger partial charge in [0.2, 0.25) is 0 Å². The minimum Gasteiger partial charge on any atom is -0.497 e. The second kappa shape index (κ2) is 7.90. The molecule has 3 aromatic rings. The maximum absolute atomic E-state index is 5.71. The number of aryl methyl sites for hydroxylation is 1. The van der Waals surface area contributed by atoms with Crippen LogP contribution in [0.4, 0.5) is 0 Å². The molecule has 0 saturated heterocycles. The van der Waals surface area contributed by atoms with Crippen LogP contribution in [0.3, 0.4) is 0 Å². The zero-order valence-corrected chi connectivity index (χ0v) is 15.0. The summed E-state index contributed by atoms with van der Waals surface area (Å²) in [5, 5.41) is 1.94. The molecule has 0 aliphatic rings. The summed E-state index contributed by atoms with van der Waals surface area (Å²) >= 11 is 1.52. The minimum absolute atomic E-state index is 0.473. The van der Waals surface area contributed by atoms with Crippen LogP contribution in [-0.4, -0.2) is 29.2 Å². The molecular weight excluding hydrogens is 334 g/mol. The van der Waals surface area contributed by atoms with Gasteiger partial charge in [0.15, 0.2) is 0 Å². The van der Waals surface area contributed by atoms with Crippen LogP contribution in [0.15, 0.2) is 59.1 Å². The lowest BCUT2D eigenvalue weighted by atomic mass is 10.3. The first-order valence-electron chi connectivity index (χ1n) is 7.72. The number of hydrogen-bond acceptors (Lipinski definition) is 5. The van der Waals surface area contributed by atoms with Gasteiger partial charge in [-0.05, 0) is 50.0 Å². The summed E-state index contributed by atoms with van der Waals surface area (Å²) in [6, 6.07) is 13.4. The summed E-state index contributed by atoms with van der Waals surface area (Å²) in [6.45, 7) is 5.67. The molecule has 0 unspecified atom stereocenters. The summed E-state index contributed by atoms with van der Waals surface area (Å²) < 4.78 is 12.9. The van der Waals surface area contributed by atoms with Gasteiger partial charge in [-0.25, -0.2) is 4.98 Å². The van der Waals surface area contributed by atoms with Gasteiger partial charge in [0.25, 0.3) is 0 Å². The Balaban J connectivity index is 1.70. The van der Waals surface area contributed by atoms with E-state index in [1.54, 1.807) is 7.11 Å². The zero-order chi connectivity index (χ0) is 17.6. The van der Waals surface area contributed by atoms with Gasteiger partial charge in [-0.15, -0.1) is 0 Å². The number of aromatic nitrogens is 2. The average Bonchev–Trinajstić information content (AvgIpc) is 2.98. The van der Waals surface area contributed by atoms with E-state index in [1.165, 1.54) is 11.8 Å². The molecule has 25 heavy (non-hydrogen) atoms.